The molecule has 0 aliphatic carbocycles. The van der Waals surface area contributed by atoms with Gasteiger partial charge in [-0.05, 0) is 36.6 Å². The molecule has 1 N–H and O–H groups in total. The Labute approximate surface area is 205 Å². The third-order valence-corrected chi connectivity index (χ3v) is 6.50. The molecule has 2 amide bonds. The molecule has 0 fully saturated rings. The smallest absolute Gasteiger partial charge is 0.243 e. The summed E-state index contributed by atoms with van der Waals surface area (Å²) in [6, 6.07) is 23.6. The number of benzene rings is 3. The monoisotopic (exact) mass is 478 g/mol. The molecule has 3 aromatic carbocycles. The number of carbonyl (C=O) groups is 2. The lowest BCUT2D eigenvalue weighted by atomic mass is 10.0. The van der Waals surface area contributed by atoms with Gasteiger partial charge >= 0.3 is 0 Å². The van der Waals surface area contributed by atoms with Crippen LogP contribution in [0, 0.1) is 12.7 Å². The molecule has 1 atom stereocenters. The van der Waals surface area contributed by atoms with E-state index in [4.69, 9.17) is 0 Å². The number of carbonyl (C=O) groups excluding carboxylic acids is 2. The molecule has 0 bridgehead atoms. The number of hydrogen-bond donors (Lipinski definition) is 1. The highest BCUT2D eigenvalue weighted by molar-refractivity contribution is 7.99. The average Bonchev–Trinajstić information content (AvgIpc) is 2.84. The molecule has 6 heteroatoms. The van der Waals surface area contributed by atoms with E-state index in [0.717, 1.165) is 16.7 Å². The van der Waals surface area contributed by atoms with Crippen LogP contribution in [0.2, 0.25) is 0 Å². The molecule has 0 aromatic heterocycles. The maximum Gasteiger partial charge on any atom is 0.243 e. The Kier molecular flexibility index (Phi) is 9.71. The van der Waals surface area contributed by atoms with Gasteiger partial charge in [0.1, 0.15) is 11.9 Å². The number of nitrogens with one attached hydrogen (secondary N) is 1. The van der Waals surface area contributed by atoms with Gasteiger partial charge < -0.3 is 10.2 Å². The van der Waals surface area contributed by atoms with E-state index in [-0.39, 0.29) is 23.4 Å². The Morgan fingerprint density at radius 2 is 1.62 bits per heavy atom. The van der Waals surface area contributed by atoms with Gasteiger partial charge in [0, 0.05) is 25.3 Å². The zero-order valence-electron chi connectivity index (χ0n) is 19.7. The van der Waals surface area contributed by atoms with Gasteiger partial charge in [0.05, 0.1) is 5.75 Å². The summed E-state index contributed by atoms with van der Waals surface area (Å²) in [4.78, 5) is 28.2. The quantitative estimate of drug-likeness (QED) is 0.415. The number of amides is 2. The Morgan fingerprint density at radius 1 is 0.941 bits per heavy atom. The maximum absolute atomic E-state index is 14.0. The predicted octanol–water partition coefficient (Wildman–Crippen LogP) is 5.14. The third kappa shape index (κ3) is 7.45. The van der Waals surface area contributed by atoms with Crippen molar-refractivity contribution in [3.8, 4) is 0 Å². The maximum atomic E-state index is 14.0. The van der Waals surface area contributed by atoms with E-state index in [1.54, 1.807) is 23.1 Å². The first-order valence-electron chi connectivity index (χ1n) is 11.5. The number of likely N-dealkylation sites (N-methyl/N-ethyl adjacent to an activating group) is 1. The van der Waals surface area contributed by atoms with Crippen molar-refractivity contribution < 1.29 is 14.0 Å². The number of thioether (sulfide) groups is 1. The van der Waals surface area contributed by atoms with Crippen LogP contribution in [0.1, 0.15) is 29.2 Å². The highest BCUT2D eigenvalue weighted by Gasteiger charge is 2.30. The van der Waals surface area contributed by atoms with Crippen molar-refractivity contribution in [3.05, 3.63) is 107 Å². The molecule has 0 saturated heterocycles. The fourth-order valence-corrected chi connectivity index (χ4v) is 4.58. The summed E-state index contributed by atoms with van der Waals surface area (Å²) in [5.74, 6) is -0.0464. The topological polar surface area (TPSA) is 49.4 Å². The van der Waals surface area contributed by atoms with E-state index >= 15 is 0 Å². The van der Waals surface area contributed by atoms with Crippen LogP contribution in [-0.2, 0) is 28.3 Å². The van der Waals surface area contributed by atoms with E-state index in [9.17, 15) is 14.0 Å². The number of nitrogens with zero attached hydrogens (tertiary/aromatic N) is 1. The molecule has 0 heterocycles. The van der Waals surface area contributed by atoms with Crippen molar-refractivity contribution in [2.24, 2.45) is 0 Å². The Hall–Kier alpha value is -3.12. The van der Waals surface area contributed by atoms with Gasteiger partial charge in [-0.2, -0.15) is 0 Å². The largest absolute Gasteiger partial charge is 0.355 e. The SMILES string of the molecule is CCNC(=O)[C@@H](Cc1ccccc1)N(Cc1ccc(C)cc1)C(=O)CSCc1ccccc1F. The van der Waals surface area contributed by atoms with Crippen LogP contribution in [0.25, 0.3) is 0 Å². The molecule has 0 spiro atoms. The summed E-state index contributed by atoms with van der Waals surface area (Å²) in [5, 5.41) is 2.90. The van der Waals surface area contributed by atoms with Gasteiger partial charge in [0.25, 0.3) is 0 Å². The summed E-state index contributed by atoms with van der Waals surface area (Å²) in [7, 11) is 0. The van der Waals surface area contributed by atoms with Gasteiger partial charge in [-0.15, -0.1) is 11.8 Å². The van der Waals surface area contributed by atoms with E-state index < -0.39 is 6.04 Å². The van der Waals surface area contributed by atoms with Gasteiger partial charge in [-0.1, -0.05) is 78.4 Å². The normalized spacial score (nSPS) is 11.6. The molecule has 178 valence electrons. The first-order chi connectivity index (χ1) is 16.5. The van der Waals surface area contributed by atoms with Gasteiger partial charge in [-0.25, -0.2) is 4.39 Å². The Bertz CT molecular complexity index is 1070. The Morgan fingerprint density at radius 3 is 2.29 bits per heavy atom. The van der Waals surface area contributed by atoms with Gasteiger partial charge in [0.2, 0.25) is 11.8 Å². The first kappa shape index (κ1) is 25.5. The Balaban J connectivity index is 1.82. The van der Waals surface area contributed by atoms with Crippen molar-refractivity contribution in [2.75, 3.05) is 12.3 Å². The molecule has 34 heavy (non-hydrogen) atoms. The minimum atomic E-state index is -0.648. The molecule has 3 rings (SSSR count). The summed E-state index contributed by atoms with van der Waals surface area (Å²) in [6.45, 7) is 4.69. The molecular formula is C28H31FN2O2S. The van der Waals surface area contributed by atoms with Crippen molar-refractivity contribution >= 4 is 23.6 Å². The first-order valence-corrected chi connectivity index (χ1v) is 12.6. The molecule has 0 aliphatic rings. The van der Waals surface area contributed by atoms with Crippen LogP contribution in [-0.4, -0.2) is 35.1 Å². The van der Waals surface area contributed by atoms with Crippen LogP contribution >= 0.6 is 11.8 Å². The number of rotatable bonds is 11. The lowest BCUT2D eigenvalue weighted by Crippen LogP contribution is -2.51. The second kappa shape index (κ2) is 12.9. The summed E-state index contributed by atoms with van der Waals surface area (Å²) in [6.07, 6.45) is 0.419. The summed E-state index contributed by atoms with van der Waals surface area (Å²) in [5.41, 5.74) is 3.64. The fourth-order valence-electron chi connectivity index (χ4n) is 3.68. The molecule has 0 saturated carbocycles. The van der Waals surface area contributed by atoms with Crippen LogP contribution in [0.4, 0.5) is 4.39 Å². The number of hydrogen-bond acceptors (Lipinski definition) is 3. The summed E-state index contributed by atoms with van der Waals surface area (Å²) >= 11 is 1.36. The second-order valence-corrected chi connectivity index (χ2v) is 9.18. The van der Waals surface area contributed by atoms with Crippen LogP contribution in [0.3, 0.4) is 0 Å². The highest BCUT2D eigenvalue weighted by atomic mass is 32.2. The van der Waals surface area contributed by atoms with Gasteiger partial charge in [0.15, 0.2) is 0 Å². The van der Waals surface area contributed by atoms with Crippen LogP contribution in [0.15, 0.2) is 78.9 Å². The molecule has 0 aliphatic heterocycles. The highest BCUT2D eigenvalue weighted by Crippen LogP contribution is 2.20. The number of aryl methyl sites for hydroxylation is 1. The molecular weight excluding hydrogens is 447 g/mol. The lowest BCUT2D eigenvalue weighted by molar-refractivity contribution is -0.139. The number of halogens is 1. The lowest BCUT2D eigenvalue weighted by Gasteiger charge is -2.31. The second-order valence-electron chi connectivity index (χ2n) is 8.19. The molecule has 4 nitrogen and oxygen atoms in total. The zero-order valence-corrected chi connectivity index (χ0v) is 20.5. The van der Waals surface area contributed by atoms with Crippen LogP contribution in [0.5, 0.6) is 0 Å². The van der Waals surface area contributed by atoms with Gasteiger partial charge in [-0.3, -0.25) is 9.59 Å². The van der Waals surface area contributed by atoms with Crippen molar-refractivity contribution in [3.63, 3.8) is 0 Å². The van der Waals surface area contributed by atoms with Crippen molar-refractivity contribution in [1.29, 1.82) is 0 Å². The van der Waals surface area contributed by atoms with Crippen molar-refractivity contribution in [1.82, 2.24) is 10.2 Å². The van der Waals surface area contributed by atoms with E-state index in [2.05, 4.69) is 5.32 Å². The minimum Gasteiger partial charge on any atom is -0.355 e. The van der Waals surface area contributed by atoms with Crippen LogP contribution < -0.4 is 5.32 Å². The average molecular weight is 479 g/mol. The minimum absolute atomic E-state index is 0.144. The third-order valence-electron chi connectivity index (χ3n) is 5.54. The molecule has 3 aromatic rings. The van der Waals surface area contributed by atoms with E-state index in [0.29, 0.717) is 30.8 Å². The summed E-state index contributed by atoms with van der Waals surface area (Å²) < 4.78 is 14.0. The standard InChI is InChI=1S/C28H31FN2O2S/c1-3-30-28(33)26(17-22-9-5-4-6-10-22)31(18-23-15-13-21(2)14-16-23)27(32)20-34-19-24-11-7-8-12-25(24)29/h4-16,26H,3,17-20H2,1-2H3,(H,30,33)/t26-/m1/s1. The van der Waals surface area contributed by atoms with E-state index in [1.165, 1.54) is 17.8 Å². The molecule has 0 radical (unpaired) electrons. The predicted molar refractivity (Wildman–Crippen MR) is 137 cm³/mol. The fraction of sp³-hybridized carbons (Fsp3) is 0.286. The zero-order chi connectivity index (χ0) is 24.3. The van der Waals surface area contributed by atoms with E-state index in [1.807, 2.05) is 68.4 Å². The molecule has 0 unspecified atom stereocenters. The van der Waals surface area contributed by atoms with Crippen molar-refractivity contribution in [2.45, 2.75) is 38.6 Å².